The second kappa shape index (κ2) is 60.6. The molecule has 0 spiro atoms. The Balaban J connectivity index is -0.000000312. The Morgan fingerprint density at radius 2 is 0.622 bits per heavy atom. The summed E-state index contributed by atoms with van der Waals surface area (Å²) in [6.07, 6.45) is 24.1. The van der Waals surface area contributed by atoms with Crippen molar-refractivity contribution in [3.05, 3.63) is 224 Å². The maximum Gasteiger partial charge on any atom is 0.348 e. The van der Waals surface area contributed by atoms with Crippen molar-refractivity contribution in [3.8, 4) is 56.8 Å². The third kappa shape index (κ3) is 33.0. The molecule has 0 aliphatic carbocycles. The minimum Gasteiger partial charge on any atom is -0.261 e. The first-order valence-corrected chi connectivity index (χ1v) is 32.8. The van der Waals surface area contributed by atoms with Crippen LogP contribution in [0.15, 0.2) is 196 Å². The first-order valence-electron chi connectivity index (χ1n) is 32.8. The Hall–Kier alpha value is -8.71. The fraction of sp³-hybridized carbons (Fsp3) is 0.390. The van der Waals surface area contributed by atoms with Gasteiger partial charge in [-0.25, -0.2) is 43.2 Å². The Bertz CT molecular complexity index is 2550. The van der Waals surface area contributed by atoms with E-state index >= 15 is 0 Å². The molecule has 0 saturated carbocycles. The SMILES string of the molecule is CC.CC.CC.CC.CC.CC.CC.CC.CC.CC.Cc1ccccc1-c1nccc[n+]1C.Cc1cccnc1-c1nccc[n+]1C.Cc1cncnc1-c1cccc[n+]1C.Cc1ncccc1-c1cccc[n+]1C.Cc1ncncc1-c1cccc[n+]1C. The van der Waals surface area contributed by atoms with Gasteiger partial charge in [0.25, 0.3) is 0 Å². The number of benzene rings is 1. The normalized spacial score (nSPS) is 8.56. The van der Waals surface area contributed by atoms with Crippen LogP contribution in [0.5, 0.6) is 0 Å². The fourth-order valence-corrected chi connectivity index (χ4v) is 7.36. The first-order chi connectivity index (χ1) is 43.9. The van der Waals surface area contributed by atoms with Crippen LogP contribution in [0, 0.1) is 34.6 Å². The lowest BCUT2D eigenvalue weighted by Crippen LogP contribution is -2.31. The van der Waals surface area contributed by atoms with Crippen molar-refractivity contribution in [3.63, 3.8) is 0 Å². The smallest absolute Gasteiger partial charge is 0.261 e. The van der Waals surface area contributed by atoms with E-state index in [1.54, 1.807) is 25.0 Å². The second-order valence-corrected chi connectivity index (χ2v) is 16.4. The van der Waals surface area contributed by atoms with Gasteiger partial charge in [0.15, 0.2) is 24.3 Å². The predicted molar refractivity (Wildman–Crippen MR) is 385 cm³/mol. The monoisotopic (exact) mass is 1230 g/mol. The molecule has 0 fully saturated rings. The molecule has 10 rings (SSSR count). The summed E-state index contributed by atoms with van der Waals surface area (Å²) in [5.41, 5.74) is 14.4. The van der Waals surface area contributed by atoms with Gasteiger partial charge in [0.1, 0.15) is 51.9 Å². The predicted octanol–water partition coefficient (Wildman–Crippen LogP) is 17.9. The number of pyridine rings is 5. The lowest BCUT2D eigenvalue weighted by atomic mass is 10.1. The van der Waals surface area contributed by atoms with E-state index in [1.165, 1.54) is 22.4 Å². The first kappa shape index (κ1) is 90.0. The van der Waals surface area contributed by atoms with E-state index in [1.807, 2.05) is 345 Å². The molecule has 0 atom stereocenters. The van der Waals surface area contributed by atoms with Gasteiger partial charge < -0.3 is 0 Å². The van der Waals surface area contributed by atoms with Crippen molar-refractivity contribution in [2.45, 2.75) is 173 Å². The van der Waals surface area contributed by atoms with Crippen molar-refractivity contribution in [2.24, 2.45) is 35.2 Å². The van der Waals surface area contributed by atoms with Gasteiger partial charge in [-0.2, -0.15) is 4.57 Å². The van der Waals surface area contributed by atoms with Crippen molar-refractivity contribution < 1.29 is 22.8 Å². The lowest BCUT2D eigenvalue weighted by Gasteiger charge is -2.01. The van der Waals surface area contributed by atoms with Crippen LogP contribution < -0.4 is 22.8 Å². The van der Waals surface area contributed by atoms with Crippen LogP contribution in [-0.4, -0.2) is 39.9 Å². The largest absolute Gasteiger partial charge is 0.348 e. The molecule has 10 aromatic rings. The molecule has 0 amide bonds. The number of rotatable bonds is 5. The van der Waals surface area contributed by atoms with E-state index < -0.39 is 0 Å². The number of aryl methyl sites for hydroxylation is 10. The number of hydrogen-bond acceptors (Lipinski definition) is 8. The molecule has 0 aliphatic heterocycles. The Labute approximate surface area is 549 Å². The highest BCUT2D eigenvalue weighted by Crippen LogP contribution is 2.19. The maximum atomic E-state index is 4.37. The summed E-state index contributed by atoms with van der Waals surface area (Å²) in [5, 5.41) is 0. The van der Waals surface area contributed by atoms with E-state index in [4.69, 9.17) is 0 Å². The average molecular weight is 1230 g/mol. The summed E-state index contributed by atoms with van der Waals surface area (Å²) in [5.74, 6) is 1.90. The Morgan fingerprint density at radius 1 is 0.256 bits per heavy atom. The Morgan fingerprint density at radius 3 is 1.07 bits per heavy atom. The van der Waals surface area contributed by atoms with Crippen LogP contribution in [-0.2, 0) is 35.2 Å². The van der Waals surface area contributed by atoms with Crippen LogP contribution in [0.4, 0.5) is 0 Å². The van der Waals surface area contributed by atoms with Crippen molar-refractivity contribution in [1.29, 1.82) is 0 Å². The van der Waals surface area contributed by atoms with E-state index in [2.05, 4.69) is 96.9 Å². The lowest BCUT2D eigenvalue weighted by molar-refractivity contribution is -0.663. The molecule has 490 valence electrons. The zero-order chi connectivity index (χ0) is 69.8. The van der Waals surface area contributed by atoms with E-state index in [0.29, 0.717) is 0 Å². The quantitative estimate of drug-likeness (QED) is 0.156. The minimum atomic E-state index is 0.894. The molecule has 0 radical (unpaired) electrons. The fourth-order valence-electron chi connectivity index (χ4n) is 7.36. The van der Waals surface area contributed by atoms with Crippen LogP contribution in [0.1, 0.15) is 167 Å². The van der Waals surface area contributed by atoms with Crippen molar-refractivity contribution in [2.75, 3.05) is 0 Å². The number of aromatic nitrogens is 13. The molecular formula is C77H122N13+5. The van der Waals surface area contributed by atoms with Gasteiger partial charge in [-0.15, -0.1) is 0 Å². The summed E-state index contributed by atoms with van der Waals surface area (Å²) in [4.78, 5) is 33.8. The summed E-state index contributed by atoms with van der Waals surface area (Å²) in [7, 11) is 10.0. The summed E-state index contributed by atoms with van der Waals surface area (Å²) < 4.78 is 10.2. The molecule has 9 aromatic heterocycles. The standard InChI is InChI=1S/2C12H13N2.3C11H12N3.10C2H6/c1-10-11(6-5-8-13-10)12-7-3-4-9-14(12)2;1-10-6-3-4-7-11(10)12-13-8-5-9-14(12)2;1-9-5-3-6-12-10(9)11-13-7-4-8-14(11)2;1-9-10(7-12-8-13-9)11-5-3-4-6-14(11)2;1-9-7-12-8-13-11(9)10-5-3-4-6-14(10)2;10*1-2/h2*3-9H,1-2H3;3*3-8H,1-2H3;10*1-2H3/q5*+1;;;;;;;;;;. The van der Waals surface area contributed by atoms with Gasteiger partial charge in [-0.05, 0) is 104 Å². The minimum absolute atomic E-state index is 0.894. The number of nitrogens with zero attached hydrogens (tertiary/aromatic N) is 13. The molecule has 0 bridgehead atoms. The van der Waals surface area contributed by atoms with Gasteiger partial charge in [0.05, 0.1) is 54.6 Å². The summed E-state index contributed by atoms with van der Waals surface area (Å²) in [6.45, 7) is 50.2. The van der Waals surface area contributed by atoms with Gasteiger partial charge in [0.2, 0.25) is 17.1 Å². The highest BCUT2D eigenvalue weighted by molar-refractivity contribution is 5.59. The second-order valence-electron chi connectivity index (χ2n) is 16.4. The van der Waals surface area contributed by atoms with Crippen LogP contribution in [0.2, 0.25) is 0 Å². The Kier molecular flexibility index (Phi) is 60.6. The van der Waals surface area contributed by atoms with Gasteiger partial charge in [0, 0.05) is 73.3 Å². The van der Waals surface area contributed by atoms with Crippen molar-refractivity contribution >= 4 is 0 Å². The average Bonchev–Trinajstić information content (AvgIpc) is 2.35. The molecule has 0 unspecified atom stereocenters. The number of hydrogen-bond donors (Lipinski definition) is 0. The van der Waals surface area contributed by atoms with Crippen LogP contribution in [0.25, 0.3) is 56.8 Å². The van der Waals surface area contributed by atoms with E-state index in [9.17, 15) is 0 Å². The molecule has 0 aliphatic rings. The van der Waals surface area contributed by atoms with E-state index in [0.717, 1.165) is 62.5 Å². The van der Waals surface area contributed by atoms with Crippen LogP contribution >= 0.6 is 0 Å². The van der Waals surface area contributed by atoms with Crippen molar-refractivity contribution in [1.82, 2.24) is 39.9 Å². The molecule has 13 nitrogen and oxygen atoms in total. The molecule has 90 heavy (non-hydrogen) atoms. The topological polar surface area (TPSA) is 123 Å². The molecule has 0 N–H and O–H groups in total. The zero-order valence-corrected chi connectivity index (χ0v) is 61.8. The van der Waals surface area contributed by atoms with Crippen LogP contribution in [0.3, 0.4) is 0 Å². The molecule has 9 heterocycles. The third-order valence-corrected chi connectivity index (χ3v) is 11.2. The molecule has 1 aromatic carbocycles. The molecule has 0 saturated heterocycles. The van der Waals surface area contributed by atoms with Gasteiger partial charge >= 0.3 is 11.6 Å². The molecular weight excluding hydrogens is 1110 g/mol. The highest BCUT2D eigenvalue weighted by atomic mass is 15.0. The van der Waals surface area contributed by atoms with Gasteiger partial charge in [-0.1, -0.05) is 163 Å². The maximum absolute atomic E-state index is 4.37. The zero-order valence-electron chi connectivity index (χ0n) is 61.8. The third-order valence-electron chi connectivity index (χ3n) is 11.2. The highest BCUT2D eigenvalue weighted by Gasteiger charge is 2.16. The van der Waals surface area contributed by atoms with Gasteiger partial charge in [-0.3, -0.25) is 4.98 Å². The molecule has 13 heteroatoms. The van der Waals surface area contributed by atoms with E-state index in [-0.39, 0.29) is 0 Å². The summed E-state index contributed by atoms with van der Waals surface area (Å²) >= 11 is 0. The summed E-state index contributed by atoms with van der Waals surface area (Å²) in [6, 6.07) is 38.5.